The normalized spacial score (nSPS) is 15.7. The monoisotopic (exact) mass is 449 g/mol. The summed E-state index contributed by atoms with van der Waals surface area (Å²) in [5, 5.41) is 8.54. The van der Waals surface area contributed by atoms with Gasteiger partial charge in [0.1, 0.15) is 0 Å². The van der Waals surface area contributed by atoms with Gasteiger partial charge in [-0.1, -0.05) is 35.3 Å². The van der Waals surface area contributed by atoms with Crippen LogP contribution in [0.15, 0.2) is 28.9 Å². The highest BCUT2D eigenvalue weighted by molar-refractivity contribution is 9.10. The Kier molecular flexibility index (Phi) is 5.81. The Bertz CT molecular complexity index is 1000. The van der Waals surface area contributed by atoms with Gasteiger partial charge in [0.2, 0.25) is 5.95 Å². The summed E-state index contributed by atoms with van der Waals surface area (Å²) in [5.74, 6) is 0.335. The Balaban J connectivity index is 0.00000210. The van der Waals surface area contributed by atoms with Crippen molar-refractivity contribution in [1.82, 2.24) is 19.7 Å². The molecule has 3 aromatic rings. The summed E-state index contributed by atoms with van der Waals surface area (Å²) in [5.41, 5.74) is 3.45. The van der Waals surface area contributed by atoms with E-state index in [1.165, 1.54) is 0 Å². The van der Waals surface area contributed by atoms with Gasteiger partial charge >= 0.3 is 0 Å². The third kappa shape index (κ3) is 3.71. The largest absolute Gasteiger partial charge is 0.354 e. The van der Waals surface area contributed by atoms with Crippen LogP contribution in [0.25, 0.3) is 11.0 Å². The zero-order chi connectivity index (χ0) is 18.3. The van der Waals surface area contributed by atoms with Gasteiger partial charge in [0, 0.05) is 30.7 Å². The third-order valence-corrected chi connectivity index (χ3v) is 5.21. The smallest absolute Gasteiger partial charge is 0.225 e. The molecule has 2 heterocycles. The summed E-state index contributed by atoms with van der Waals surface area (Å²) in [7, 11) is 1.86. The second kappa shape index (κ2) is 7.94. The predicted molar refractivity (Wildman–Crippen MR) is 112 cm³/mol. The van der Waals surface area contributed by atoms with E-state index < -0.39 is 0 Å². The fraction of sp³-hybridized carbons (Fsp3) is 0.368. The molecule has 4 rings (SSSR count). The molecule has 8 heteroatoms. The molecular weight excluding hydrogens is 430 g/mol. The van der Waals surface area contributed by atoms with E-state index in [4.69, 9.17) is 4.98 Å². The van der Waals surface area contributed by atoms with Gasteiger partial charge in [0.15, 0.2) is 11.4 Å². The molecular formula is C19H21BrClN5O. The van der Waals surface area contributed by atoms with E-state index >= 15 is 0 Å². The SMILES string of the molecule is CCCCNc1nc(C2C(=O)Cc3ccc(Br)cc32)c2cn(C)nc2n1.Cl. The molecule has 0 saturated heterocycles. The number of fused-ring (bicyclic) bond motifs is 2. The predicted octanol–water partition coefficient (Wildman–Crippen LogP) is 4.02. The molecule has 0 saturated carbocycles. The number of aryl methyl sites for hydroxylation is 1. The van der Waals surface area contributed by atoms with Crippen LogP contribution in [-0.2, 0) is 18.3 Å². The highest BCUT2D eigenvalue weighted by Crippen LogP contribution is 2.39. The van der Waals surface area contributed by atoms with Crippen LogP contribution in [0.4, 0.5) is 5.95 Å². The molecule has 0 fully saturated rings. The number of carbonyl (C=O) groups excluding carboxylic acids is 1. The second-order valence-corrected chi connectivity index (χ2v) is 7.59. The third-order valence-electron chi connectivity index (χ3n) is 4.72. The van der Waals surface area contributed by atoms with Gasteiger partial charge in [-0.05, 0) is 29.7 Å². The molecule has 1 aromatic carbocycles. The highest BCUT2D eigenvalue weighted by atomic mass is 79.9. The topological polar surface area (TPSA) is 72.7 Å². The number of hydrogen-bond donors (Lipinski definition) is 1. The molecule has 0 aliphatic heterocycles. The average molecular weight is 451 g/mol. The first-order valence-corrected chi connectivity index (χ1v) is 9.62. The first kappa shape index (κ1) is 19.8. The van der Waals surface area contributed by atoms with E-state index in [-0.39, 0.29) is 24.1 Å². The molecule has 1 N–H and O–H groups in total. The molecule has 142 valence electrons. The standard InChI is InChI=1S/C19H20BrN5O.ClH/c1-3-4-7-21-19-22-17(14-10-25(2)24-18(14)23-19)16-13-9-12(20)6-5-11(13)8-15(16)26;/h5-6,9-10,16H,3-4,7-8H2,1-2H3,(H,21,23,24);1H. The lowest BCUT2D eigenvalue weighted by atomic mass is 9.95. The van der Waals surface area contributed by atoms with Gasteiger partial charge in [-0.25, -0.2) is 4.98 Å². The van der Waals surface area contributed by atoms with Crippen molar-refractivity contribution in [2.75, 3.05) is 11.9 Å². The summed E-state index contributed by atoms with van der Waals surface area (Å²) in [6, 6.07) is 6.02. The van der Waals surface area contributed by atoms with Crippen molar-refractivity contribution >= 4 is 51.1 Å². The van der Waals surface area contributed by atoms with Crippen molar-refractivity contribution in [1.29, 1.82) is 0 Å². The first-order valence-electron chi connectivity index (χ1n) is 8.83. The summed E-state index contributed by atoms with van der Waals surface area (Å²) >= 11 is 3.52. The van der Waals surface area contributed by atoms with E-state index in [1.54, 1.807) is 4.68 Å². The van der Waals surface area contributed by atoms with Crippen LogP contribution < -0.4 is 5.32 Å². The molecule has 0 amide bonds. The Hall–Kier alpha value is -1.99. The first-order chi connectivity index (χ1) is 12.6. The maximum atomic E-state index is 12.8. The van der Waals surface area contributed by atoms with Gasteiger partial charge in [0.05, 0.1) is 17.0 Å². The number of nitrogens with zero attached hydrogens (tertiary/aromatic N) is 4. The van der Waals surface area contributed by atoms with Crippen LogP contribution in [-0.4, -0.2) is 32.1 Å². The molecule has 6 nitrogen and oxygen atoms in total. The molecule has 0 bridgehead atoms. The summed E-state index contributed by atoms with van der Waals surface area (Å²) in [4.78, 5) is 22.1. The number of ketones is 1. The number of Topliss-reactive ketones (excluding diaryl/α,β-unsaturated/α-hetero) is 1. The number of halogens is 2. The maximum absolute atomic E-state index is 12.8. The number of carbonyl (C=O) groups is 1. The van der Waals surface area contributed by atoms with E-state index in [2.05, 4.69) is 38.3 Å². The van der Waals surface area contributed by atoms with Crippen molar-refractivity contribution in [2.24, 2.45) is 7.05 Å². The van der Waals surface area contributed by atoms with E-state index in [0.29, 0.717) is 18.0 Å². The van der Waals surface area contributed by atoms with Crippen LogP contribution in [0.3, 0.4) is 0 Å². The number of hydrogen-bond acceptors (Lipinski definition) is 5. The second-order valence-electron chi connectivity index (χ2n) is 6.67. The molecule has 0 spiro atoms. The highest BCUT2D eigenvalue weighted by Gasteiger charge is 2.35. The zero-order valence-electron chi connectivity index (χ0n) is 15.2. The lowest BCUT2D eigenvalue weighted by molar-refractivity contribution is -0.118. The number of benzene rings is 1. The van der Waals surface area contributed by atoms with Crippen molar-refractivity contribution in [3.8, 4) is 0 Å². The number of anilines is 1. The van der Waals surface area contributed by atoms with Crippen LogP contribution in [0.5, 0.6) is 0 Å². The molecule has 1 unspecified atom stereocenters. The van der Waals surface area contributed by atoms with E-state index in [9.17, 15) is 4.79 Å². The Morgan fingerprint density at radius 3 is 2.93 bits per heavy atom. The van der Waals surface area contributed by atoms with Crippen LogP contribution >= 0.6 is 28.3 Å². The molecule has 1 atom stereocenters. The minimum absolute atomic E-state index is 0. The molecule has 1 aliphatic carbocycles. The Morgan fingerprint density at radius 1 is 1.33 bits per heavy atom. The van der Waals surface area contributed by atoms with Crippen LogP contribution in [0, 0.1) is 0 Å². The fourth-order valence-corrected chi connectivity index (χ4v) is 3.85. The van der Waals surface area contributed by atoms with Crippen LogP contribution in [0.1, 0.15) is 42.5 Å². The molecule has 27 heavy (non-hydrogen) atoms. The minimum atomic E-state index is -0.371. The Labute approximate surface area is 172 Å². The van der Waals surface area contributed by atoms with Crippen molar-refractivity contribution in [2.45, 2.75) is 32.1 Å². The van der Waals surface area contributed by atoms with Gasteiger partial charge < -0.3 is 5.32 Å². The van der Waals surface area contributed by atoms with Crippen molar-refractivity contribution in [3.63, 3.8) is 0 Å². The van der Waals surface area contributed by atoms with Gasteiger partial charge in [-0.3, -0.25) is 9.48 Å². The van der Waals surface area contributed by atoms with Crippen molar-refractivity contribution in [3.05, 3.63) is 45.7 Å². The molecule has 2 aromatic heterocycles. The van der Waals surface area contributed by atoms with Gasteiger partial charge in [0.25, 0.3) is 0 Å². The summed E-state index contributed by atoms with van der Waals surface area (Å²) in [6.07, 6.45) is 4.46. The fourth-order valence-electron chi connectivity index (χ4n) is 3.47. The number of rotatable bonds is 5. The van der Waals surface area contributed by atoms with E-state index in [0.717, 1.165) is 46.1 Å². The number of aromatic nitrogens is 4. The number of nitrogens with one attached hydrogen (secondary N) is 1. The Morgan fingerprint density at radius 2 is 2.15 bits per heavy atom. The average Bonchev–Trinajstić information content (AvgIpc) is 3.12. The number of unbranched alkanes of at least 4 members (excludes halogenated alkanes) is 1. The zero-order valence-corrected chi connectivity index (χ0v) is 17.6. The van der Waals surface area contributed by atoms with Gasteiger partial charge in [-0.15, -0.1) is 12.4 Å². The van der Waals surface area contributed by atoms with Crippen molar-refractivity contribution < 1.29 is 4.79 Å². The molecule has 0 radical (unpaired) electrons. The quantitative estimate of drug-likeness (QED) is 0.594. The van der Waals surface area contributed by atoms with Crippen LogP contribution in [0.2, 0.25) is 0 Å². The maximum Gasteiger partial charge on any atom is 0.225 e. The summed E-state index contributed by atoms with van der Waals surface area (Å²) in [6.45, 7) is 2.94. The van der Waals surface area contributed by atoms with E-state index in [1.807, 2.05) is 31.4 Å². The molecule has 1 aliphatic rings. The lowest BCUT2D eigenvalue weighted by Gasteiger charge is -2.13. The summed E-state index contributed by atoms with van der Waals surface area (Å²) < 4.78 is 2.69. The lowest BCUT2D eigenvalue weighted by Crippen LogP contribution is -2.13. The minimum Gasteiger partial charge on any atom is -0.354 e. The van der Waals surface area contributed by atoms with Gasteiger partial charge in [-0.2, -0.15) is 10.1 Å².